The minimum absolute atomic E-state index is 0.723. The number of hydrogen-bond acceptors (Lipinski definition) is 2. The highest BCUT2D eigenvalue weighted by Crippen LogP contribution is 2.49. The Morgan fingerprint density at radius 2 is 0.729 bits per heavy atom. The van der Waals surface area contributed by atoms with Crippen molar-refractivity contribution in [3.63, 3.8) is 0 Å². The summed E-state index contributed by atoms with van der Waals surface area (Å²) in [5.74, 6) is 2.92. The van der Waals surface area contributed by atoms with Crippen molar-refractivity contribution in [1.29, 1.82) is 0 Å². The number of fused-ring (bicyclic) bond motifs is 6. The van der Waals surface area contributed by atoms with Crippen LogP contribution in [0, 0.1) is 0 Å². The van der Waals surface area contributed by atoms with Gasteiger partial charge in [0.1, 0.15) is 0 Å². The largest absolute Gasteiger partial charge is 0.449 e. The van der Waals surface area contributed by atoms with Crippen molar-refractivity contribution in [3.8, 4) is 56.4 Å². The van der Waals surface area contributed by atoms with Gasteiger partial charge in [-0.2, -0.15) is 0 Å². The third kappa shape index (κ3) is 4.20. The molecule has 48 heavy (non-hydrogen) atoms. The van der Waals surface area contributed by atoms with Crippen LogP contribution in [-0.4, -0.2) is 0 Å². The Bertz CT molecular complexity index is 2660. The molecule has 0 radical (unpaired) electrons. The summed E-state index contributed by atoms with van der Waals surface area (Å²) in [6.45, 7) is 0. The zero-order chi connectivity index (χ0) is 31.6. The van der Waals surface area contributed by atoms with Gasteiger partial charge >= 0.3 is 0 Å². The molecule has 0 atom stereocenters. The molecule has 0 saturated carbocycles. The Morgan fingerprint density at radius 1 is 0.271 bits per heavy atom. The van der Waals surface area contributed by atoms with Gasteiger partial charge in [-0.15, -0.1) is 0 Å². The van der Waals surface area contributed by atoms with Gasteiger partial charge in [-0.25, -0.2) is 0 Å². The summed E-state index contributed by atoms with van der Waals surface area (Å²) < 4.78 is 12.7. The first-order chi connectivity index (χ1) is 23.8. The molecule has 0 saturated heterocycles. The van der Waals surface area contributed by atoms with Gasteiger partial charge in [-0.3, -0.25) is 0 Å². The second-order valence-corrected chi connectivity index (χ2v) is 12.5. The van der Waals surface area contributed by atoms with E-state index in [2.05, 4.69) is 146 Å². The molecule has 0 N–H and O–H groups in total. The molecular weight excluding hydrogens is 585 g/mol. The summed E-state index contributed by atoms with van der Waals surface area (Å²) >= 11 is 0. The number of benzene rings is 9. The summed E-state index contributed by atoms with van der Waals surface area (Å²) in [7, 11) is 0. The van der Waals surface area contributed by atoms with Gasteiger partial charge < -0.3 is 9.47 Å². The van der Waals surface area contributed by atoms with Crippen molar-refractivity contribution in [2.45, 2.75) is 0 Å². The molecule has 0 bridgehead atoms. The fraction of sp³-hybridized carbons (Fsp3) is 0. The fourth-order valence-electron chi connectivity index (χ4n) is 7.45. The van der Waals surface area contributed by atoms with Crippen LogP contribution in [0.4, 0.5) is 0 Å². The fourth-order valence-corrected chi connectivity index (χ4v) is 7.45. The lowest BCUT2D eigenvalue weighted by molar-refractivity contribution is 0.360. The quantitative estimate of drug-likeness (QED) is 0.185. The van der Waals surface area contributed by atoms with Crippen molar-refractivity contribution < 1.29 is 9.47 Å². The maximum absolute atomic E-state index is 6.39. The molecule has 0 aliphatic carbocycles. The molecule has 0 unspecified atom stereocenters. The van der Waals surface area contributed by atoms with Crippen LogP contribution in [0.5, 0.6) is 23.0 Å². The van der Waals surface area contributed by atoms with E-state index in [4.69, 9.17) is 9.47 Å². The van der Waals surface area contributed by atoms with Gasteiger partial charge in [0.25, 0.3) is 0 Å². The summed E-state index contributed by atoms with van der Waals surface area (Å²) in [6, 6.07) is 60.5. The molecule has 2 nitrogen and oxygen atoms in total. The highest BCUT2D eigenvalue weighted by molar-refractivity contribution is 6.23. The lowest BCUT2D eigenvalue weighted by Gasteiger charge is -2.22. The first kappa shape index (κ1) is 26.8. The van der Waals surface area contributed by atoms with Gasteiger partial charge in [0.15, 0.2) is 23.0 Å². The first-order valence-electron chi connectivity index (χ1n) is 16.3. The van der Waals surface area contributed by atoms with Crippen LogP contribution in [0.25, 0.3) is 76.5 Å². The molecule has 0 aromatic heterocycles. The predicted octanol–water partition coefficient (Wildman–Crippen LogP) is 13.2. The molecule has 1 aliphatic rings. The number of rotatable bonds is 3. The van der Waals surface area contributed by atoms with E-state index >= 15 is 0 Å². The average molecular weight is 613 g/mol. The molecule has 9 aromatic rings. The van der Waals surface area contributed by atoms with Crippen molar-refractivity contribution in [2.75, 3.05) is 0 Å². The number of hydrogen-bond donors (Lipinski definition) is 0. The molecule has 1 heterocycles. The second-order valence-electron chi connectivity index (χ2n) is 12.5. The molecule has 0 fully saturated rings. The van der Waals surface area contributed by atoms with Crippen LogP contribution in [0.2, 0.25) is 0 Å². The minimum atomic E-state index is 0.723. The van der Waals surface area contributed by atoms with E-state index in [-0.39, 0.29) is 0 Å². The van der Waals surface area contributed by atoms with Crippen LogP contribution in [0.3, 0.4) is 0 Å². The van der Waals surface area contributed by atoms with E-state index in [1.807, 2.05) is 24.3 Å². The van der Waals surface area contributed by atoms with Gasteiger partial charge in [0.05, 0.1) is 0 Å². The Hall–Kier alpha value is -6.38. The van der Waals surface area contributed by atoms with Gasteiger partial charge in [-0.1, -0.05) is 146 Å². The molecule has 0 amide bonds. The molecule has 1 aliphatic heterocycles. The standard InChI is InChI=1S/C46H28O2/c1-2-12-33-27-44-43(26-32(33)11-1)47-41-25-24-34(28-42(41)48-44)29-20-22-31(23-21-29)45-37-15-5-7-17-39(37)46(40-18-8-6-16-38(40)45)36-19-9-13-30-10-3-4-14-35(30)36/h1-28H. The molecule has 2 heteroatoms. The minimum Gasteiger partial charge on any atom is -0.449 e. The average Bonchev–Trinajstić information content (AvgIpc) is 3.15. The van der Waals surface area contributed by atoms with E-state index in [0.29, 0.717) is 0 Å². The molecule has 0 spiro atoms. The summed E-state index contributed by atoms with van der Waals surface area (Å²) in [4.78, 5) is 0. The Morgan fingerprint density at radius 3 is 1.38 bits per heavy atom. The van der Waals surface area contributed by atoms with Crippen molar-refractivity contribution in [2.24, 2.45) is 0 Å². The maximum atomic E-state index is 6.39. The van der Waals surface area contributed by atoms with E-state index in [1.54, 1.807) is 0 Å². The van der Waals surface area contributed by atoms with Crippen LogP contribution in [-0.2, 0) is 0 Å². The Balaban J connectivity index is 1.08. The van der Waals surface area contributed by atoms with E-state index in [0.717, 1.165) is 44.9 Å². The van der Waals surface area contributed by atoms with Crippen LogP contribution in [0.15, 0.2) is 170 Å². The van der Waals surface area contributed by atoms with Crippen LogP contribution < -0.4 is 9.47 Å². The molecule has 10 rings (SSSR count). The molecular formula is C46H28O2. The Labute approximate surface area is 278 Å². The lowest BCUT2D eigenvalue weighted by Crippen LogP contribution is -1.99. The van der Waals surface area contributed by atoms with Crippen LogP contribution in [0.1, 0.15) is 0 Å². The van der Waals surface area contributed by atoms with Gasteiger partial charge in [-0.05, 0) is 101 Å². The van der Waals surface area contributed by atoms with Crippen molar-refractivity contribution in [1.82, 2.24) is 0 Å². The Kier molecular flexibility index (Phi) is 5.91. The smallest absolute Gasteiger partial charge is 0.170 e. The lowest BCUT2D eigenvalue weighted by atomic mass is 9.84. The zero-order valence-electron chi connectivity index (χ0n) is 26.0. The van der Waals surface area contributed by atoms with E-state index in [1.165, 1.54) is 54.6 Å². The highest BCUT2D eigenvalue weighted by Gasteiger charge is 2.21. The maximum Gasteiger partial charge on any atom is 0.170 e. The first-order valence-corrected chi connectivity index (χ1v) is 16.3. The summed E-state index contributed by atoms with van der Waals surface area (Å²) in [5.41, 5.74) is 7.18. The van der Waals surface area contributed by atoms with Gasteiger partial charge in [0.2, 0.25) is 0 Å². The second kappa shape index (κ2) is 10.6. The normalized spacial score (nSPS) is 12.1. The van der Waals surface area contributed by atoms with Gasteiger partial charge in [0, 0.05) is 0 Å². The SMILES string of the molecule is c1ccc2cc3c(cc2c1)Oc1ccc(-c2ccc(-c4c5ccccc5c(-c5cccc6ccccc56)c5ccccc45)cc2)cc1O3. The van der Waals surface area contributed by atoms with Crippen molar-refractivity contribution >= 4 is 43.1 Å². The zero-order valence-corrected chi connectivity index (χ0v) is 26.0. The topological polar surface area (TPSA) is 18.5 Å². The molecule has 9 aromatic carbocycles. The third-order valence-corrected chi connectivity index (χ3v) is 9.69. The third-order valence-electron chi connectivity index (χ3n) is 9.69. The number of ether oxygens (including phenoxy) is 2. The summed E-state index contributed by atoms with van der Waals surface area (Å²) in [5, 5.41) is 9.78. The van der Waals surface area contributed by atoms with Crippen molar-refractivity contribution in [3.05, 3.63) is 170 Å². The van der Waals surface area contributed by atoms with E-state index in [9.17, 15) is 0 Å². The predicted molar refractivity (Wildman–Crippen MR) is 199 cm³/mol. The van der Waals surface area contributed by atoms with E-state index < -0.39 is 0 Å². The molecule has 224 valence electrons. The highest BCUT2D eigenvalue weighted by atomic mass is 16.6. The monoisotopic (exact) mass is 612 g/mol. The van der Waals surface area contributed by atoms with Crippen LogP contribution >= 0.6 is 0 Å². The summed E-state index contributed by atoms with van der Waals surface area (Å²) in [6.07, 6.45) is 0.